The first-order chi connectivity index (χ1) is 31.3. The number of benzene rings is 4. The molecular weight excluding hydrogens is 1050 g/mol. The standard InChI is InChI=1S/C38H35N4O.C20H26GeN.Ir/c1-21(2)30-19-27(26-11-9-8-10-12-26)20-31(22(3)4)35(30)42-34-24(6)39-18-16-32(34)41-38(42)29-14-13-23(5)33-28-15-17-40-25(7)36(28)43-37(29)33;1-21(2,3)19-15-22-20(17-11-5-4-6-12-17)14-18(19)13-16-9-7-8-10-16;/h8-13,15-22H,1-7H3;4-6,11,14-16H,7-10,13H2,1-3H3;/q2*-1;. The summed E-state index contributed by atoms with van der Waals surface area (Å²) in [6.45, 7) is 15.3. The molecule has 0 atom stereocenters. The van der Waals surface area contributed by atoms with Crippen LogP contribution in [0, 0.1) is 38.8 Å². The second-order valence-electron chi connectivity index (χ2n) is 19.7. The second kappa shape index (κ2) is 19.6. The Bertz CT molecular complexity index is 3130. The molecule has 1 radical (unpaired) electrons. The van der Waals surface area contributed by atoms with Crippen LogP contribution < -0.4 is 4.40 Å². The van der Waals surface area contributed by atoms with Crippen molar-refractivity contribution in [2.45, 2.75) is 110 Å². The van der Waals surface area contributed by atoms with Crippen molar-refractivity contribution in [2.75, 3.05) is 0 Å². The first-order valence-corrected chi connectivity index (χ1v) is 30.9. The number of hydrogen-bond donors (Lipinski definition) is 0. The Hall–Kier alpha value is -5.21. The van der Waals surface area contributed by atoms with Gasteiger partial charge in [-0.15, -0.1) is 17.7 Å². The summed E-state index contributed by atoms with van der Waals surface area (Å²) < 4.78 is 10.6. The number of nitrogens with zero attached hydrogens (tertiary/aromatic N) is 5. The number of furan rings is 1. The summed E-state index contributed by atoms with van der Waals surface area (Å²) in [5, 5.41) is 2.14. The molecule has 9 aromatic rings. The topological polar surface area (TPSA) is 69.6 Å². The fraction of sp³-hybridized carbons (Fsp3) is 0.310. The molecule has 0 spiro atoms. The van der Waals surface area contributed by atoms with Gasteiger partial charge in [0.15, 0.2) is 0 Å². The van der Waals surface area contributed by atoms with Crippen LogP contribution in [-0.2, 0) is 26.5 Å². The third-order valence-electron chi connectivity index (χ3n) is 13.3. The molecule has 0 unspecified atom stereocenters. The molecule has 1 fully saturated rings. The Kier molecular flexibility index (Phi) is 14.0. The van der Waals surface area contributed by atoms with Gasteiger partial charge in [0.05, 0.1) is 33.8 Å². The van der Waals surface area contributed by atoms with Crippen molar-refractivity contribution in [1.82, 2.24) is 24.5 Å². The molecule has 1 saturated carbocycles. The fourth-order valence-corrected chi connectivity index (χ4v) is 13.3. The predicted octanol–water partition coefficient (Wildman–Crippen LogP) is 14.8. The van der Waals surface area contributed by atoms with E-state index in [9.17, 15) is 0 Å². The summed E-state index contributed by atoms with van der Waals surface area (Å²) in [5.41, 5.74) is 17.1. The van der Waals surface area contributed by atoms with Crippen LogP contribution in [0.15, 0.2) is 114 Å². The van der Waals surface area contributed by atoms with Gasteiger partial charge < -0.3 is 8.98 Å². The molecular formula is C58H61GeIrN5O-2. The number of aromatic nitrogens is 5. The van der Waals surface area contributed by atoms with Crippen molar-refractivity contribution >= 4 is 50.6 Å². The zero-order valence-corrected chi connectivity index (χ0v) is 44.6. The minimum Gasteiger partial charge on any atom is 0 e. The molecule has 66 heavy (non-hydrogen) atoms. The van der Waals surface area contributed by atoms with E-state index in [2.05, 4.69) is 153 Å². The number of hydrogen-bond acceptors (Lipinski definition) is 5. The molecule has 0 saturated heterocycles. The third kappa shape index (κ3) is 9.24. The van der Waals surface area contributed by atoms with Crippen LogP contribution in [0.2, 0.25) is 17.3 Å². The third-order valence-corrected chi connectivity index (χ3v) is 17.7. The molecule has 10 rings (SSSR count). The van der Waals surface area contributed by atoms with Gasteiger partial charge in [0, 0.05) is 43.6 Å². The Balaban J connectivity index is 0.000000217. The van der Waals surface area contributed by atoms with Crippen LogP contribution in [0.25, 0.3) is 72.4 Å². The molecule has 5 aromatic heterocycles. The molecule has 8 heteroatoms. The Labute approximate surface area is 407 Å². The van der Waals surface area contributed by atoms with Gasteiger partial charge in [-0.1, -0.05) is 75.9 Å². The molecule has 0 aliphatic heterocycles. The zero-order valence-electron chi connectivity index (χ0n) is 40.1. The number of pyridine rings is 3. The van der Waals surface area contributed by atoms with Gasteiger partial charge in [-0.25, -0.2) is 0 Å². The van der Waals surface area contributed by atoms with E-state index in [0.717, 1.165) is 84.2 Å². The van der Waals surface area contributed by atoms with Gasteiger partial charge in [0.2, 0.25) is 0 Å². The quantitative estimate of drug-likeness (QED) is 0.106. The summed E-state index contributed by atoms with van der Waals surface area (Å²) in [4.78, 5) is 19.3. The van der Waals surface area contributed by atoms with Crippen molar-refractivity contribution in [3.8, 4) is 39.5 Å². The summed E-state index contributed by atoms with van der Waals surface area (Å²) in [7, 11) is 0. The SMILES string of the molecule is Cc1nccc2c1oc1c(-c3nc4ccnc(C)c4n3-c3c(C(C)C)cc(-c4ccccc4)cc3C(C)C)[c-]cc(C)c12.[CH3][Ge]([CH3])([CH3])[c]1cnc(-c2[c-]cccc2)cc1CC1CCCC1.[Ir]. The minimum absolute atomic E-state index is 0. The molecule has 0 bridgehead atoms. The van der Waals surface area contributed by atoms with Crippen LogP contribution in [0.3, 0.4) is 0 Å². The van der Waals surface area contributed by atoms with Crippen molar-refractivity contribution < 1.29 is 24.5 Å². The molecule has 0 N–H and O–H groups in total. The van der Waals surface area contributed by atoms with Crippen LogP contribution in [0.1, 0.15) is 98.9 Å². The average Bonchev–Trinajstić information content (AvgIpc) is 4.06. The van der Waals surface area contributed by atoms with Gasteiger partial charge >= 0.3 is 137 Å². The second-order valence-corrected chi connectivity index (χ2v) is 30.3. The monoisotopic (exact) mass is 1110 g/mol. The molecule has 0 amide bonds. The van der Waals surface area contributed by atoms with E-state index >= 15 is 0 Å². The summed E-state index contributed by atoms with van der Waals surface area (Å²) in [6.07, 6.45) is 12.8. The molecule has 1 aliphatic carbocycles. The number of aryl methyl sites for hydroxylation is 3. The van der Waals surface area contributed by atoms with Gasteiger partial charge in [-0.05, 0) is 72.2 Å². The normalized spacial score (nSPS) is 13.2. The first kappa shape index (κ1) is 47.3. The molecule has 5 heterocycles. The van der Waals surface area contributed by atoms with Crippen LogP contribution in [0.5, 0.6) is 0 Å². The molecule has 1 aliphatic rings. The largest absolute Gasteiger partial charge is 0 e. The number of imidazole rings is 1. The van der Waals surface area contributed by atoms with E-state index in [1.54, 1.807) is 9.96 Å². The van der Waals surface area contributed by atoms with Gasteiger partial charge in [0.25, 0.3) is 0 Å². The maximum absolute atomic E-state index is 6.64. The first-order valence-electron chi connectivity index (χ1n) is 23.5. The number of rotatable bonds is 9. The zero-order chi connectivity index (χ0) is 45.6. The maximum atomic E-state index is 6.64. The van der Waals surface area contributed by atoms with Gasteiger partial charge in [-0.2, -0.15) is 0 Å². The summed E-state index contributed by atoms with van der Waals surface area (Å²) in [5.74, 6) is 9.65. The number of fused-ring (bicyclic) bond motifs is 4. The van der Waals surface area contributed by atoms with E-state index in [1.165, 1.54) is 54.4 Å². The average molecular weight is 1110 g/mol. The van der Waals surface area contributed by atoms with E-state index in [1.807, 2.05) is 43.6 Å². The minimum atomic E-state index is -1.87. The van der Waals surface area contributed by atoms with Crippen molar-refractivity contribution in [2.24, 2.45) is 5.92 Å². The molecule has 6 nitrogen and oxygen atoms in total. The van der Waals surface area contributed by atoms with Crippen LogP contribution in [-0.4, -0.2) is 37.8 Å². The van der Waals surface area contributed by atoms with Gasteiger partial charge in [0.1, 0.15) is 5.58 Å². The van der Waals surface area contributed by atoms with E-state index in [0.29, 0.717) is 0 Å². The van der Waals surface area contributed by atoms with E-state index < -0.39 is 13.3 Å². The summed E-state index contributed by atoms with van der Waals surface area (Å²) in [6, 6.07) is 38.9. The van der Waals surface area contributed by atoms with Crippen LogP contribution >= 0.6 is 0 Å². The van der Waals surface area contributed by atoms with Crippen molar-refractivity contribution in [3.05, 3.63) is 155 Å². The summed E-state index contributed by atoms with van der Waals surface area (Å²) >= 11 is -1.87. The van der Waals surface area contributed by atoms with Gasteiger partial charge in [-0.3, -0.25) is 15.0 Å². The molecule has 339 valence electrons. The smallest absolute Gasteiger partial charge is 0 e. The predicted molar refractivity (Wildman–Crippen MR) is 273 cm³/mol. The van der Waals surface area contributed by atoms with E-state index in [4.69, 9.17) is 19.4 Å². The van der Waals surface area contributed by atoms with Crippen molar-refractivity contribution in [1.29, 1.82) is 0 Å². The van der Waals surface area contributed by atoms with Crippen LogP contribution in [0.4, 0.5) is 0 Å². The Morgan fingerprint density at radius 3 is 2.11 bits per heavy atom. The Morgan fingerprint density at radius 1 is 0.758 bits per heavy atom. The Morgan fingerprint density at radius 2 is 1.44 bits per heavy atom. The maximum Gasteiger partial charge on any atom is 0 e. The fourth-order valence-electron chi connectivity index (χ4n) is 9.96. The van der Waals surface area contributed by atoms with Crippen molar-refractivity contribution in [3.63, 3.8) is 0 Å². The van der Waals surface area contributed by atoms with E-state index in [-0.39, 0.29) is 31.9 Å². The molecule has 4 aromatic carbocycles.